The normalized spacial score (nSPS) is 13.1. The van der Waals surface area contributed by atoms with Crippen molar-refractivity contribution in [2.75, 3.05) is 13.2 Å². The van der Waals surface area contributed by atoms with Crippen LogP contribution in [0.15, 0.2) is 36.5 Å². The molecule has 3 rings (SSSR count). The highest BCUT2D eigenvalue weighted by molar-refractivity contribution is 5.39. The fourth-order valence-electron chi connectivity index (χ4n) is 2.46. The lowest BCUT2D eigenvalue weighted by Gasteiger charge is -2.06. The monoisotopic (exact) mass is 268 g/mol. The van der Waals surface area contributed by atoms with Gasteiger partial charge in [0.05, 0.1) is 6.61 Å². The summed E-state index contributed by atoms with van der Waals surface area (Å²) in [5.74, 6) is 1.06. The Balaban J connectivity index is 1.47. The summed E-state index contributed by atoms with van der Waals surface area (Å²) in [5, 5.41) is 3.47. The van der Waals surface area contributed by atoms with Crippen LogP contribution in [0, 0.1) is 6.92 Å². The first-order valence-corrected chi connectivity index (χ1v) is 7.18. The van der Waals surface area contributed by atoms with Crippen molar-refractivity contribution in [3.63, 3.8) is 0 Å². The molecule has 1 aliphatic heterocycles. The van der Waals surface area contributed by atoms with Gasteiger partial charge in [0.2, 0.25) is 0 Å². The van der Waals surface area contributed by atoms with Gasteiger partial charge in [-0.2, -0.15) is 0 Å². The molecule has 3 nitrogen and oxygen atoms in total. The van der Waals surface area contributed by atoms with Gasteiger partial charge < -0.3 is 10.1 Å². The number of hydrogen-bond donors (Lipinski definition) is 1. The number of aryl methyl sites for hydroxylation is 1. The van der Waals surface area contributed by atoms with Crippen LogP contribution in [0.3, 0.4) is 0 Å². The van der Waals surface area contributed by atoms with Crippen molar-refractivity contribution in [3.8, 4) is 5.75 Å². The van der Waals surface area contributed by atoms with E-state index in [0.29, 0.717) is 0 Å². The number of pyridine rings is 1. The van der Waals surface area contributed by atoms with Gasteiger partial charge >= 0.3 is 0 Å². The molecular weight excluding hydrogens is 248 g/mol. The predicted molar refractivity (Wildman–Crippen MR) is 80.0 cm³/mol. The Morgan fingerprint density at radius 2 is 2.10 bits per heavy atom. The summed E-state index contributed by atoms with van der Waals surface area (Å²) in [7, 11) is 0. The number of fused-ring (bicyclic) bond motifs is 1. The molecule has 2 aromatic rings. The van der Waals surface area contributed by atoms with Gasteiger partial charge in [-0.3, -0.25) is 4.98 Å². The van der Waals surface area contributed by atoms with Crippen LogP contribution >= 0.6 is 0 Å². The second kappa shape index (κ2) is 6.06. The molecule has 20 heavy (non-hydrogen) atoms. The van der Waals surface area contributed by atoms with E-state index in [1.54, 1.807) is 0 Å². The lowest BCUT2D eigenvalue weighted by atomic mass is 10.1. The Hall–Kier alpha value is -1.87. The Kier molecular flexibility index (Phi) is 3.97. The van der Waals surface area contributed by atoms with Gasteiger partial charge in [-0.15, -0.1) is 0 Å². The smallest absolute Gasteiger partial charge is 0.122 e. The minimum Gasteiger partial charge on any atom is -0.493 e. The average molecular weight is 268 g/mol. The van der Waals surface area contributed by atoms with E-state index in [-0.39, 0.29) is 0 Å². The summed E-state index contributed by atoms with van der Waals surface area (Å²) in [6, 6.07) is 10.7. The molecule has 3 heteroatoms. The van der Waals surface area contributed by atoms with Crippen LogP contribution in [0.1, 0.15) is 22.4 Å². The number of rotatable bonds is 5. The first-order chi connectivity index (χ1) is 9.81. The largest absolute Gasteiger partial charge is 0.493 e. The van der Waals surface area contributed by atoms with Crippen molar-refractivity contribution >= 4 is 0 Å². The molecule has 1 N–H and O–H groups in total. The maximum absolute atomic E-state index is 5.52. The molecule has 0 radical (unpaired) electrons. The summed E-state index contributed by atoms with van der Waals surface area (Å²) in [6.45, 7) is 4.70. The molecule has 0 spiro atoms. The maximum Gasteiger partial charge on any atom is 0.122 e. The van der Waals surface area contributed by atoms with E-state index in [1.807, 2.05) is 13.1 Å². The van der Waals surface area contributed by atoms with Crippen molar-refractivity contribution in [3.05, 3.63) is 58.9 Å². The van der Waals surface area contributed by atoms with Crippen LogP contribution in [0.25, 0.3) is 0 Å². The molecule has 0 bridgehead atoms. The Labute approximate surface area is 120 Å². The van der Waals surface area contributed by atoms with E-state index in [9.17, 15) is 0 Å². The average Bonchev–Trinajstić information content (AvgIpc) is 2.93. The summed E-state index contributed by atoms with van der Waals surface area (Å²) in [6.07, 6.45) is 4.03. The molecule has 0 unspecified atom stereocenters. The molecule has 1 aromatic carbocycles. The number of ether oxygens (including phenoxy) is 1. The highest BCUT2D eigenvalue weighted by atomic mass is 16.5. The molecule has 0 amide bonds. The van der Waals surface area contributed by atoms with Crippen molar-refractivity contribution in [1.29, 1.82) is 0 Å². The first kappa shape index (κ1) is 13.1. The second-order valence-corrected chi connectivity index (χ2v) is 5.28. The van der Waals surface area contributed by atoms with Crippen LogP contribution in [0.2, 0.25) is 0 Å². The third-order valence-electron chi connectivity index (χ3n) is 3.65. The number of hydrogen-bond acceptors (Lipinski definition) is 3. The molecule has 0 atom stereocenters. The van der Waals surface area contributed by atoms with Crippen molar-refractivity contribution in [2.24, 2.45) is 0 Å². The van der Waals surface area contributed by atoms with E-state index in [2.05, 4.69) is 40.6 Å². The van der Waals surface area contributed by atoms with Crippen LogP contribution in [0.5, 0.6) is 5.75 Å². The third kappa shape index (κ3) is 3.17. The van der Waals surface area contributed by atoms with Crippen LogP contribution in [-0.2, 0) is 19.4 Å². The lowest BCUT2D eigenvalue weighted by molar-refractivity contribution is 0.357. The molecular formula is C17H20N2O. The Morgan fingerprint density at radius 3 is 2.95 bits per heavy atom. The quantitative estimate of drug-likeness (QED) is 0.847. The van der Waals surface area contributed by atoms with Crippen molar-refractivity contribution in [2.45, 2.75) is 26.3 Å². The zero-order chi connectivity index (χ0) is 13.8. The third-order valence-corrected chi connectivity index (χ3v) is 3.65. The van der Waals surface area contributed by atoms with Crippen LogP contribution < -0.4 is 10.1 Å². The molecule has 0 saturated heterocycles. The number of nitrogens with zero attached hydrogens (tertiary/aromatic N) is 1. The van der Waals surface area contributed by atoms with E-state index in [0.717, 1.165) is 44.0 Å². The zero-order valence-electron chi connectivity index (χ0n) is 11.9. The number of benzene rings is 1. The van der Waals surface area contributed by atoms with E-state index < -0.39 is 0 Å². The molecule has 0 saturated carbocycles. The number of aromatic nitrogens is 1. The zero-order valence-corrected chi connectivity index (χ0v) is 11.9. The van der Waals surface area contributed by atoms with Gasteiger partial charge in [0.25, 0.3) is 0 Å². The lowest BCUT2D eigenvalue weighted by Crippen LogP contribution is -2.16. The number of nitrogens with one attached hydrogen (secondary N) is 1. The molecule has 2 heterocycles. The first-order valence-electron chi connectivity index (χ1n) is 7.18. The summed E-state index contributed by atoms with van der Waals surface area (Å²) >= 11 is 0. The molecule has 104 valence electrons. The molecule has 1 aromatic heterocycles. The molecule has 0 aliphatic carbocycles. The summed E-state index contributed by atoms with van der Waals surface area (Å²) in [5.41, 5.74) is 5.03. The maximum atomic E-state index is 5.52. The Morgan fingerprint density at radius 1 is 1.20 bits per heavy atom. The predicted octanol–water partition coefficient (Wildman–Crippen LogP) is 2.66. The standard InChI is InChI=1S/C17H20N2O/c1-13-2-3-15(12-19-13)11-18-8-6-14-4-5-17-16(10-14)7-9-20-17/h2-5,10,12,18H,6-9,11H2,1H3. The summed E-state index contributed by atoms with van der Waals surface area (Å²) in [4.78, 5) is 4.30. The fourth-order valence-corrected chi connectivity index (χ4v) is 2.46. The SMILES string of the molecule is Cc1ccc(CNCCc2ccc3c(c2)CCO3)cn1. The van der Waals surface area contributed by atoms with Crippen LogP contribution in [-0.4, -0.2) is 18.1 Å². The van der Waals surface area contributed by atoms with Gasteiger partial charge in [0.15, 0.2) is 0 Å². The van der Waals surface area contributed by atoms with Crippen molar-refractivity contribution < 1.29 is 4.74 Å². The van der Waals surface area contributed by atoms with E-state index in [1.165, 1.54) is 16.7 Å². The molecule has 1 aliphatic rings. The molecule has 0 fully saturated rings. The highest BCUT2D eigenvalue weighted by Crippen LogP contribution is 2.25. The minimum absolute atomic E-state index is 0.831. The van der Waals surface area contributed by atoms with Gasteiger partial charge in [-0.1, -0.05) is 18.2 Å². The van der Waals surface area contributed by atoms with Crippen LogP contribution in [0.4, 0.5) is 0 Å². The minimum atomic E-state index is 0.831. The van der Waals surface area contributed by atoms with Gasteiger partial charge in [-0.25, -0.2) is 0 Å². The second-order valence-electron chi connectivity index (χ2n) is 5.28. The van der Waals surface area contributed by atoms with E-state index in [4.69, 9.17) is 4.74 Å². The van der Waals surface area contributed by atoms with Gasteiger partial charge in [0, 0.05) is 24.9 Å². The Bertz CT molecular complexity index is 578. The van der Waals surface area contributed by atoms with Gasteiger partial charge in [-0.05, 0) is 48.7 Å². The topological polar surface area (TPSA) is 34.1 Å². The van der Waals surface area contributed by atoms with E-state index >= 15 is 0 Å². The summed E-state index contributed by atoms with van der Waals surface area (Å²) < 4.78 is 5.52. The van der Waals surface area contributed by atoms with Gasteiger partial charge in [0.1, 0.15) is 5.75 Å². The fraction of sp³-hybridized carbons (Fsp3) is 0.353. The highest BCUT2D eigenvalue weighted by Gasteiger charge is 2.11. The van der Waals surface area contributed by atoms with Crippen molar-refractivity contribution in [1.82, 2.24) is 10.3 Å².